The highest BCUT2D eigenvalue weighted by molar-refractivity contribution is 5.93. The number of amides is 3. The van der Waals surface area contributed by atoms with Gasteiger partial charge >= 0.3 is 11.9 Å². The molecule has 2 heterocycles. The normalized spacial score (nSPS) is 28.3. The van der Waals surface area contributed by atoms with Crippen LogP contribution in [-0.2, 0) is 44.6 Å². The number of phenolic OH excluding ortho intramolecular Hbond substituents is 1. The maximum atomic E-state index is 14.9. The lowest BCUT2D eigenvalue weighted by Crippen LogP contribution is -2.62. The third-order valence-electron chi connectivity index (χ3n) is 11.3. The topological polar surface area (TPSA) is 326 Å². The number of aliphatic hydroxyl groups is 4. The third kappa shape index (κ3) is 13.7. The number of nitrogens with two attached hydrogens (primary N) is 2. The molecule has 12 atom stereocenters. The maximum Gasteiger partial charge on any atom is 0.335 e. The van der Waals surface area contributed by atoms with Crippen LogP contribution < -0.4 is 22.1 Å². The number of fused-ring (bicyclic) bond motifs is 1. The molecular weight excluding hydrogens is 800 g/mol. The fraction of sp³-hybridized carbons (Fsp3) is 0.707. The summed E-state index contributed by atoms with van der Waals surface area (Å²) in [6, 6.07) is 2.87. The molecule has 1 saturated carbocycles. The lowest BCUT2D eigenvalue weighted by atomic mass is 9.80. The molecule has 3 fully saturated rings. The van der Waals surface area contributed by atoms with Crippen LogP contribution in [0, 0.1) is 11.8 Å². The number of ether oxygens (including phenoxy) is 3. The van der Waals surface area contributed by atoms with Gasteiger partial charge in [-0.1, -0.05) is 45.7 Å². The van der Waals surface area contributed by atoms with Crippen LogP contribution >= 0.6 is 0 Å². The van der Waals surface area contributed by atoms with Crippen molar-refractivity contribution in [3.05, 3.63) is 29.8 Å². The third-order valence-corrected chi connectivity index (χ3v) is 11.3. The minimum Gasteiger partial charge on any atom is -0.508 e. The number of esters is 1. The van der Waals surface area contributed by atoms with Gasteiger partial charge < -0.3 is 71.9 Å². The van der Waals surface area contributed by atoms with Crippen LogP contribution in [0.15, 0.2) is 29.3 Å². The van der Waals surface area contributed by atoms with E-state index in [1.165, 1.54) is 17.0 Å². The number of aromatic hydroxyl groups is 1. The van der Waals surface area contributed by atoms with E-state index in [4.69, 9.17) is 25.7 Å². The van der Waals surface area contributed by atoms with Crippen LogP contribution in [0.4, 0.5) is 0 Å². The van der Waals surface area contributed by atoms with E-state index in [0.29, 0.717) is 31.4 Å². The number of aliphatic carboxylic acids is 1. The van der Waals surface area contributed by atoms with Gasteiger partial charge in [-0.3, -0.25) is 24.2 Å². The summed E-state index contributed by atoms with van der Waals surface area (Å²) in [6.45, 7) is 6.22. The minimum atomic E-state index is -1.99. The van der Waals surface area contributed by atoms with Crippen LogP contribution in [-0.4, -0.2) is 151 Å². The molecule has 2 saturated heterocycles. The molecule has 1 aliphatic carbocycles. The number of carbonyl (C=O) groups is 5. The number of hydrogen-bond acceptors (Lipinski definition) is 14. The zero-order chi connectivity index (χ0) is 45.0. The van der Waals surface area contributed by atoms with E-state index < -0.39 is 103 Å². The molecule has 20 heteroatoms. The van der Waals surface area contributed by atoms with Gasteiger partial charge in [0, 0.05) is 32.0 Å². The number of carbonyl (C=O) groups excluding carboxylic acids is 4. The molecule has 12 unspecified atom stereocenters. The van der Waals surface area contributed by atoms with E-state index in [1.807, 2.05) is 20.8 Å². The van der Waals surface area contributed by atoms with Gasteiger partial charge in [-0.2, -0.15) is 0 Å². The number of rotatable bonds is 21. The van der Waals surface area contributed by atoms with Gasteiger partial charge in [-0.25, -0.2) is 4.79 Å². The van der Waals surface area contributed by atoms with Crippen molar-refractivity contribution in [3.63, 3.8) is 0 Å². The molecule has 3 amide bonds. The highest BCUT2D eigenvalue weighted by atomic mass is 16.7. The zero-order valence-electron chi connectivity index (χ0n) is 35.0. The van der Waals surface area contributed by atoms with Gasteiger partial charge in [-0.15, -0.1) is 0 Å². The molecule has 0 aromatic heterocycles. The van der Waals surface area contributed by atoms with E-state index in [-0.39, 0.29) is 62.7 Å². The molecule has 12 N–H and O–H groups in total. The second kappa shape index (κ2) is 23.0. The van der Waals surface area contributed by atoms with Crippen molar-refractivity contribution >= 4 is 35.6 Å². The van der Waals surface area contributed by atoms with Crippen molar-refractivity contribution in [1.29, 1.82) is 0 Å². The molecule has 0 radical (unpaired) electrons. The Kier molecular flexibility index (Phi) is 18.5. The number of benzene rings is 1. The SMILES string of the molecule is CCCCCC(=O)OC1CC2CC(C(=O)NCCCCN=C(N)N)N(C(=O)C(CC(C)C)NC(=O)C(O)Cc3ccc(O)cc3)C2CC1OC1OC(C(=O)O)C(O)C(O)C1O. The summed E-state index contributed by atoms with van der Waals surface area (Å²) in [5.41, 5.74) is 11.4. The number of carboxylic acids is 1. The van der Waals surface area contributed by atoms with E-state index >= 15 is 0 Å². The monoisotopic (exact) mass is 864 g/mol. The number of likely N-dealkylation sites (tertiary alicyclic amines) is 1. The number of nitrogens with zero attached hydrogens (tertiary/aromatic N) is 2. The van der Waals surface area contributed by atoms with Crippen LogP contribution in [0.3, 0.4) is 0 Å². The molecule has 0 bridgehead atoms. The van der Waals surface area contributed by atoms with Gasteiger partial charge in [0.05, 0.1) is 6.10 Å². The molecule has 1 aromatic carbocycles. The lowest BCUT2D eigenvalue weighted by molar-refractivity contribution is -0.314. The Morgan fingerprint density at radius 3 is 2.30 bits per heavy atom. The Morgan fingerprint density at radius 2 is 1.66 bits per heavy atom. The highest BCUT2D eigenvalue weighted by Gasteiger charge is 2.55. The molecule has 0 spiro atoms. The van der Waals surface area contributed by atoms with E-state index in [1.54, 1.807) is 12.1 Å². The predicted octanol–water partition coefficient (Wildman–Crippen LogP) is -0.855. The van der Waals surface area contributed by atoms with Gasteiger partial charge in [0.2, 0.25) is 17.7 Å². The molecule has 3 aliphatic rings. The highest BCUT2D eigenvalue weighted by Crippen LogP contribution is 2.43. The maximum absolute atomic E-state index is 14.9. The second-order valence-electron chi connectivity index (χ2n) is 16.6. The lowest BCUT2D eigenvalue weighted by Gasteiger charge is -2.45. The molecule has 20 nitrogen and oxygen atoms in total. The van der Waals surface area contributed by atoms with Crippen LogP contribution in [0.25, 0.3) is 0 Å². The summed E-state index contributed by atoms with van der Waals surface area (Å²) in [5.74, 6) is -4.75. The Labute approximate surface area is 355 Å². The molecule has 2 aliphatic heterocycles. The summed E-state index contributed by atoms with van der Waals surface area (Å²) in [5, 5.41) is 67.6. The Bertz CT molecular complexity index is 1660. The van der Waals surface area contributed by atoms with E-state index in [9.17, 15) is 54.6 Å². The van der Waals surface area contributed by atoms with Crippen LogP contribution in [0.5, 0.6) is 5.75 Å². The number of aliphatic hydroxyl groups excluding tert-OH is 4. The minimum absolute atomic E-state index is 0.00818. The number of phenols is 1. The molecular formula is C41H64N6O14. The summed E-state index contributed by atoms with van der Waals surface area (Å²) < 4.78 is 17.5. The predicted molar refractivity (Wildman–Crippen MR) is 217 cm³/mol. The number of carboxylic acid groups (broad SMARTS) is 1. The molecule has 1 aromatic rings. The van der Waals surface area contributed by atoms with E-state index in [0.717, 1.165) is 12.8 Å². The van der Waals surface area contributed by atoms with Crippen molar-refractivity contribution in [2.24, 2.45) is 28.3 Å². The molecule has 4 rings (SSSR count). The first-order valence-corrected chi connectivity index (χ1v) is 21.1. The van der Waals surface area contributed by atoms with Gasteiger partial charge in [-0.05, 0) is 74.5 Å². The van der Waals surface area contributed by atoms with Crippen molar-refractivity contribution in [1.82, 2.24) is 15.5 Å². The first-order chi connectivity index (χ1) is 28.9. The number of aliphatic imine (C=N–C) groups is 1. The summed E-state index contributed by atoms with van der Waals surface area (Å²) in [4.78, 5) is 72.9. The number of hydrogen-bond donors (Lipinski definition) is 10. The van der Waals surface area contributed by atoms with Crippen LogP contribution in [0.1, 0.15) is 90.5 Å². The zero-order valence-corrected chi connectivity index (χ0v) is 35.0. The molecule has 61 heavy (non-hydrogen) atoms. The Morgan fingerprint density at radius 1 is 0.951 bits per heavy atom. The van der Waals surface area contributed by atoms with E-state index in [2.05, 4.69) is 15.6 Å². The van der Waals surface area contributed by atoms with Crippen LogP contribution in [0.2, 0.25) is 0 Å². The standard InChI is InChI=1S/C41H64N6O14/c1-4-5-6-9-31(50)59-29-19-23-18-27(36(54)44-14-7-8-15-45-41(42)43)47(26(23)20-30(29)60-40-34(53)32(51)33(52)35(61-40)39(57)58)38(56)25(16-21(2)3)46-37(55)28(49)17-22-10-12-24(48)13-11-22/h10-13,21,23,25-30,32-35,40,48-49,51-53H,4-9,14-20H2,1-3H3,(H,44,54)(H,46,55)(H,57,58)(H4,42,43,45). The first kappa shape index (κ1) is 49.1. The van der Waals surface area contributed by atoms with Crippen molar-refractivity contribution < 1.29 is 68.8 Å². The molecule has 342 valence electrons. The summed E-state index contributed by atoms with van der Waals surface area (Å²) in [6.07, 6.45) is -10.0. The first-order valence-electron chi connectivity index (χ1n) is 21.1. The average molecular weight is 865 g/mol. The summed E-state index contributed by atoms with van der Waals surface area (Å²) >= 11 is 0. The number of guanidine groups is 1. The van der Waals surface area contributed by atoms with Crippen molar-refractivity contribution in [3.8, 4) is 5.75 Å². The van der Waals surface area contributed by atoms with Gasteiger partial charge in [0.1, 0.15) is 48.4 Å². The largest absolute Gasteiger partial charge is 0.508 e. The van der Waals surface area contributed by atoms with Gasteiger partial charge in [0.25, 0.3) is 0 Å². The van der Waals surface area contributed by atoms with Gasteiger partial charge in [0.15, 0.2) is 18.4 Å². The fourth-order valence-electron chi connectivity index (χ4n) is 8.18. The second-order valence-corrected chi connectivity index (χ2v) is 16.6. The Hall–Kier alpha value is -4.60. The van der Waals surface area contributed by atoms with Crippen molar-refractivity contribution in [2.75, 3.05) is 13.1 Å². The number of unbranched alkanes of at least 4 members (excludes halogenated alkanes) is 3. The Balaban J connectivity index is 1.66. The fourth-order valence-corrected chi connectivity index (χ4v) is 8.18. The summed E-state index contributed by atoms with van der Waals surface area (Å²) in [7, 11) is 0. The smallest absolute Gasteiger partial charge is 0.335 e. The average Bonchev–Trinajstić information content (AvgIpc) is 3.57. The quantitative estimate of drug-likeness (QED) is 0.0311. The number of nitrogens with one attached hydrogen (secondary N) is 2. The van der Waals surface area contributed by atoms with Crippen molar-refractivity contribution in [2.45, 2.75) is 159 Å².